The number of aromatic hydroxyl groups is 3. The van der Waals surface area contributed by atoms with Gasteiger partial charge in [0.05, 0.1) is 30.9 Å². The van der Waals surface area contributed by atoms with E-state index in [1.807, 2.05) is 0 Å². The molecule has 15 atom stereocenters. The van der Waals surface area contributed by atoms with Gasteiger partial charge in [-0.2, -0.15) is 0 Å². The van der Waals surface area contributed by atoms with Gasteiger partial charge in [-0.3, -0.25) is 0 Å². The van der Waals surface area contributed by atoms with E-state index in [0.29, 0.717) is 0 Å². The molecular formula is C33H41O20+. The monoisotopic (exact) mass is 757 g/mol. The number of hydrogen-bond acceptors (Lipinski definition) is 19. The molecule has 1 aromatic heterocycles. The average Bonchev–Trinajstić information content (AvgIpc) is 3.13. The molecule has 0 spiro atoms. The van der Waals surface area contributed by atoms with Crippen LogP contribution in [-0.4, -0.2) is 172 Å². The molecule has 3 aliphatic rings. The Morgan fingerprint density at radius 3 is 1.87 bits per heavy atom. The van der Waals surface area contributed by atoms with E-state index >= 15 is 0 Å². The predicted molar refractivity (Wildman–Crippen MR) is 171 cm³/mol. The highest BCUT2D eigenvalue weighted by molar-refractivity contribution is 5.88. The van der Waals surface area contributed by atoms with Crippen molar-refractivity contribution in [3.05, 3.63) is 36.4 Å². The van der Waals surface area contributed by atoms with Crippen molar-refractivity contribution in [1.29, 1.82) is 0 Å². The van der Waals surface area contributed by atoms with E-state index < -0.39 is 123 Å². The number of phenolic OH excluding ortho intramolecular Hbond substituents is 3. The van der Waals surface area contributed by atoms with Crippen molar-refractivity contribution in [3.63, 3.8) is 0 Å². The SMILES string of the molecule is C[C@H]1O[C@@H](OC[C@@H]2O[C@H](Oc3cc4c(O)cc(O[C@@H]5O[C@H](CO)[C@@H](O)[C@@H](O)[C@H]5O)cc4[o+]c3-c3ccc(O)c(O)c3)[C@H](O)[C@@H](O)[C@H]2O)[C@H](O)[C@H](O)[C@H]1O. The smallest absolute Gasteiger partial charge is 0.402 e. The van der Waals surface area contributed by atoms with Crippen LogP contribution in [0.15, 0.2) is 40.8 Å². The number of aliphatic hydroxyl groups excluding tert-OH is 10. The van der Waals surface area contributed by atoms with E-state index in [1.165, 1.54) is 25.1 Å². The van der Waals surface area contributed by atoms with Gasteiger partial charge in [0.1, 0.15) is 84.0 Å². The Morgan fingerprint density at radius 2 is 1.21 bits per heavy atom. The lowest BCUT2D eigenvalue weighted by Gasteiger charge is -2.42. The maximum absolute atomic E-state index is 11.0. The molecule has 0 aliphatic carbocycles. The summed E-state index contributed by atoms with van der Waals surface area (Å²) in [6.45, 7) is 0.128. The highest BCUT2D eigenvalue weighted by atomic mass is 16.7. The minimum absolute atomic E-state index is 0.0445. The van der Waals surface area contributed by atoms with Crippen LogP contribution in [0.5, 0.6) is 28.7 Å². The van der Waals surface area contributed by atoms with Crippen molar-refractivity contribution >= 4 is 11.0 Å². The van der Waals surface area contributed by atoms with Crippen molar-refractivity contribution in [3.8, 4) is 40.1 Å². The molecule has 3 fully saturated rings. The van der Waals surface area contributed by atoms with E-state index in [-0.39, 0.29) is 33.8 Å². The van der Waals surface area contributed by atoms with Crippen molar-refractivity contribution in [2.24, 2.45) is 0 Å². The minimum Gasteiger partial charge on any atom is -0.507 e. The third kappa shape index (κ3) is 7.65. The van der Waals surface area contributed by atoms with E-state index in [2.05, 4.69) is 0 Å². The summed E-state index contributed by atoms with van der Waals surface area (Å²) in [4.78, 5) is 0. The van der Waals surface area contributed by atoms with Crippen LogP contribution < -0.4 is 9.47 Å². The van der Waals surface area contributed by atoms with Gasteiger partial charge in [0.2, 0.25) is 18.3 Å². The molecule has 20 nitrogen and oxygen atoms in total. The van der Waals surface area contributed by atoms with Gasteiger partial charge < -0.3 is 94.8 Å². The molecular weight excluding hydrogens is 716 g/mol. The molecule has 0 unspecified atom stereocenters. The Labute approximate surface area is 299 Å². The first-order chi connectivity index (χ1) is 25.1. The van der Waals surface area contributed by atoms with Gasteiger partial charge in [0.25, 0.3) is 0 Å². The quantitative estimate of drug-likeness (QED) is 0.0751. The summed E-state index contributed by atoms with van der Waals surface area (Å²) < 4.78 is 39.7. The first kappa shape index (κ1) is 39.0. The second-order valence-corrected chi connectivity index (χ2v) is 13.0. The first-order valence-corrected chi connectivity index (χ1v) is 16.4. The molecule has 3 aromatic rings. The fraction of sp³-hybridized carbons (Fsp3) is 0.545. The highest BCUT2D eigenvalue weighted by Crippen LogP contribution is 2.43. The second kappa shape index (κ2) is 15.6. The molecule has 0 amide bonds. The third-order valence-electron chi connectivity index (χ3n) is 9.29. The molecule has 3 aliphatic heterocycles. The molecule has 13 N–H and O–H groups in total. The molecule has 53 heavy (non-hydrogen) atoms. The lowest BCUT2D eigenvalue weighted by atomic mass is 9.98. The van der Waals surface area contributed by atoms with Crippen LogP contribution in [0.3, 0.4) is 0 Å². The lowest BCUT2D eigenvalue weighted by molar-refractivity contribution is -0.318. The van der Waals surface area contributed by atoms with Crippen LogP contribution in [0.4, 0.5) is 0 Å². The third-order valence-corrected chi connectivity index (χ3v) is 9.29. The zero-order chi connectivity index (χ0) is 38.5. The Bertz CT molecular complexity index is 1740. The van der Waals surface area contributed by atoms with Gasteiger partial charge >= 0.3 is 11.3 Å². The van der Waals surface area contributed by atoms with Crippen molar-refractivity contribution < 1.29 is 99.2 Å². The van der Waals surface area contributed by atoms with Gasteiger partial charge in [0, 0.05) is 18.2 Å². The van der Waals surface area contributed by atoms with Gasteiger partial charge in [-0.05, 0) is 19.1 Å². The van der Waals surface area contributed by atoms with Crippen LogP contribution in [0.1, 0.15) is 6.92 Å². The zero-order valence-corrected chi connectivity index (χ0v) is 27.7. The van der Waals surface area contributed by atoms with Crippen LogP contribution in [0.25, 0.3) is 22.3 Å². The average molecular weight is 758 g/mol. The normalized spacial score (nSPS) is 37.8. The molecule has 292 valence electrons. The molecule has 0 bridgehead atoms. The fourth-order valence-corrected chi connectivity index (χ4v) is 6.11. The molecule has 0 saturated carbocycles. The first-order valence-electron chi connectivity index (χ1n) is 16.4. The van der Waals surface area contributed by atoms with Crippen LogP contribution in [-0.2, 0) is 18.9 Å². The second-order valence-electron chi connectivity index (χ2n) is 13.0. The Morgan fingerprint density at radius 1 is 0.604 bits per heavy atom. The number of phenols is 3. The van der Waals surface area contributed by atoms with E-state index in [0.717, 1.165) is 18.2 Å². The standard InChI is InChI=1S/C33H40O20/c1-10-21(38)24(41)27(44)31(48-10)47-9-20-23(40)26(43)29(46)33(53-20)51-18-7-13-15(36)5-12(49-32-28(45)25(42)22(39)19(8-34)52-32)6-17(13)50-30(18)11-2-3-14(35)16(37)4-11/h2-7,10,19-29,31-34,38-46H,8-9H2,1H3,(H2-,35,36,37)/p+1/t10-,19-,20+,21+,22-,23+,24-,25-,26+,27-,28-,29-,31-,32-,33+/m1/s1. The van der Waals surface area contributed by atoms with Gasteiger partial charge in [-0.15, -0.1) is 0 Å². The van der Waals surface area contributed by atoms with Crippen molar-refractivity contribution in [2.75, 3.05) is 13.2 Å². The molecule has 3 saturated heterocycles. The van der Waals surface area contributed by atoms with Crippen LogP contribution in [0.2, 0.25) is 0 Å². The van der Waals surface area contributed by atoms with E-state index in [4.69, 9.17) is 32.8 Å². The number of rotatable bonds is 9. The predicted octanol–water partition coefficient (Wildman–Crippen LogP) is -3.29. The molecule has 6 rings (SSSR count). The summed E-state index contributed by atoms with van der Waals surface area (Å²) in [6, 6.07) is 7.08. The molecule has 4 heterocycles. The van der Waals surface area contributed by atoms with E-state index in [1.54, 1.807) is 0 Å². The summed E-state index contributed by atoms with van der Waals surface area (Å²) in [5.41, 5.74) is -0.0417. The number of ether oxygens (including phenoxy) is 6. The summed E-state index contributed by atoms with van der Waals surface area (Å²) in [5.74, 6) is -2.22. The Balaban J connectivity index is 1.30. The fourth-order valence-electron chi connectivity index (χ4n) is 6.11. The number of aliphatic hydroxyl groups is 10. The van der Waals surface area contributed by atoms with Gasteiger partial charge in [-0.1, -0.05) is 0 Å². The highest BCUT2D eigenvalue weighted by Gasteiger charge is 2.48. The molecule has 2 aromatic carbocycles. The molecule has 20 heteroatoms. The van der Waals surface area contributed by atoms with Crippen LogP contribution >= 0.6 is 0 Å². The maximum atomic E-state index is 11.0. The topological polar surface area (TPSA) is 330 Å². The largest absolute Gasteiger partial charge is 0.507 e. The summed E-state index contributed by atoms with van der Waals surface area (Å²) >= 11 is 0. The van der Waals surface area contributed by atoms with E-state index in [9.17, 15) is 66.4 Å². The maximum Gasteiger partial charge on any atom is 0.402 e. The minimum atomic E-state index is -1.91. The lowest BCUT2D eigenvalue weighted by Crippen LogP contribution is -2.61. The summed E-state index contributed by atoms with van der Waals surface area (Å²) in [6.07, 6.45) is -24.0. The summed E-state index contributed by atoms with van der Waals surface area (Å²) in [5, 5.41) is 134. The zero-order valence-electron chi connectivity index (χ0n) is 27.7. The Kier molecular flexibility index (Phi) is 11.5. The Hall–Kier alpha value is -3.71. The van der Waals surface area contributed by atoms with Crippen molar-refractivity contribution in [2.45, 2.75) is 99.0 Å². The number of fused-ring (bicyclic) bond motifs is 1. The molecule has 0 radical (unpaired) electrons. The number of hydrogen-bond donors (Lipinski definition) is 13. The van der Waals surface area contributed by atoms with Gasteiger partial charge in [-0.25, -0.2) is 4.42 Å². The number of benzene rings is 2. The summed E-state index contributed by atoms with van der Waals surface area (Å²) in [7, 11) is 0. The van der Waals surface area contributed by atoms with Crippen LogP contribution in [0, 0.1) is 0 Å². The van der Waals surface area contributed by atoms with Crippen molar-refractivity contribution in [1.82, 2.24) is 0 Å². The van der Waals surface area contributed by atoms with Gasteiger partial charge in [0.15, 0.2) is 17.8 Å².